The number of H-pyrrole nitrogens is 1. The predicted octanol–water partition coefficient (Wildman–Crippen LogP) is 7.16. The smallest absolute Gasteiger partial charge is 0.358 e. The number of rotatable bonds is 13. The van der Waals surface area contributed by atoms with Crippen LogP contribution in [0.25, 0.3) is 21.8 Å². The Bertz CT molecular complexity index is 2310. The lowest BCUT2D eigenvalue weighted by molar-refractivity contribution is -0.138. The molecule has 3 aromatic carbocycles. The van der Waals surface area contributed by atoms with Crippen LogP contribution < -0.4 is 21.3 Å². The van der Waals surface area contributed by atoms with Gasteiger partial charge in [-0.2, -0.15) is 13.2 Å². The first kappa shape index (κ1) is 40.9. The van der Waals surface area contributed by atoms with Crippen molar-refractivity contribution in [1.29, 1.82) is 0 Å². The number of benzene rings is 3. The van der Waals surface area contributed by atoms with Gasteiger partial charge in [-0.15, -0.1) is 0 Å². The molecule has 1 aliphatic rings. The summed E-state index contributed by atoms with van der Waals surface area (Å²) in [5.41, 5.74) is -0.463. The zero-order valence-corrected chi connectivity index (χ0v) is 32.1. The lowest BCUT2D eigenvalue weighted by Crippen LogP contribution is -2.67. The van der Waals surface area contributed by atoms with E-state index in [1.54, 1.807) is 43.5 Å². The van der Waals surface area contributed by atoms with Crippen molar-refractivity contribution < 1.29 is 36.7 Å². The Balaban J connectivity index is 1.34. The van der Waals surface area contributed by atoms with Gasteiger partial charge in [0.15, 0.2) is 0 Å². The maximum atomic E-state index is 14.8. The quantitative estimate of drug-likeness (QED) is 0.0805. The van der Waals surface area contributed by atoms with Crippen LogP contribution in [0.3, 0.4) is 0 Å². The van der Waals surface area contributed by atoms with Crippen molar-refractivity contribution in [3.63, 3.8) is 0 Å². The fraction of sp³-hybridized carbons (Fsp3) is 0.372. The molecule has 0 bridgehead atoms. The molecule has 0 spiro atoms. The maximum Gasteiger partial charge on any atom is 0.418 e. The number of anilines is 1. The van der Waals surface area contributed by atoms with Crippen molar-refractivity contribution in [2.75, 3.05) is 5.32 Å². The normalized spacial score (nSPS) is 17.5. The summed E-state index contributed by atoms with van der Waals surface area (Å²) in [5, 5.41) is 12.5. The van der Waals surface area contributed by atoms with Crippen molar-refractivity contribution >= 4 is 51.1 Å². The number of amides is 4. The van der Waals surface area contributed by atoms with Gasteiger partial charge in [-0.3, -0.25) is 24.2 Å². The number of halogens is 4. The lowest BCUT2D eigenvalue weighted by Gasteiger charge is -2.39. The minimum Gasteiger partial charge on any atom is -0.358 e. The highest BCUT2D eigenvalue weighted by Gasteiger charge is 2.47. The third-order valence-corrected chi connectivity index (χ3v) is 11.2. The number of hydrogen-bond acceptors (Lipinski definition) is 5. The number of nitrogens with one attached hydrogen (secondary N) is 5. The van der Waals surface area contributed by atoms with Gasteiger partial charge in [0.25, 0.3) is 0 Å². The summed E-state index contributed by atoms with van der Waals surface area (Å²) in [5.74, 6) is -3.90. The summed E-state index contributed by atoms with van der Waals surface area (Å²) in [7, 11) is 0. The zero-order chi connectivity index (χ0) is 41.1. The number of para-hydroxylation sites is 1. The van der Waals surface area contributed by atoms with Gasteiger partial charge in [-0.05, 0) is 72.2 Å². The molecule has 14 heteroatoms. The van der Waals surface area contributed by atoms with E-state index in [1.165, 1.54) is 30.3 Å². The van der Waals surface area contributed by atoms with Gasteiger partial charge in [0.2, 0.25) is 23.6 Å². The standard InChI is InChI=1S/C43H46F4N6O4/c1-5-24(3)36(39(55)49-28-16-17-33-27(21-28)12-10-20-48-33)52-41(57)42(19-18-34-30(23-42)29-13-9-14-31(38(29)50-34)43(45,46)47)53-40(56)37(25(4)6-2)51-35(54)22-26-11-7-8-15-32(26)44/h7-17,20-21,24-25,36-37,50H,5-6,18-19,22-23H2,1-4H3,(H,49,55)(H,51,54)(H,52,57)(H,53,56)/t24-,25?,36?,37-,42+/m0/s1. The highest BCUT2D eigenvalue weighted by atomic mass is 19.4. The van der Waals surface area contributed by atoms with Crippen molar-refractivity contribution in [2.24, 2.45) is 11.8 Å². The van der Waals surface area contributed by atoms with Crippen molar-refractivity contribution in [3.05, 3.63) is 107 Å². The Morgan fingerprint density at radius 1 is 0.877 bits per heavy atom. The molecule has 2 heterocycles. The number of carbonyl (C=O) groups is 4. The van der Waals surface area contributed by atoms with E-state index in [-0.39, 0.29) is 48.1 Å². The van der Waals surface area contributed by atoms with Crippen LogP contribution in [0.5, 0.6) is 0 Å². The summed E-state index contributed by atoms with van der Waals surface area (Å²) < 4.78 is 56.8. The second-order valence-corrected chi connectivity index (χ2v) is 15.0. The minimum atomic E-state index is -4.65. The van der Waals surface area contributed by atoms with Crippen LogP contribution in [-0.4, -0.2) is 51.2 Å². The Labute approximate surface area is 327 Å². The molecule has 2 unspecified atom stereocenters. The number of nitrogens with zero attached hydrogens (tertiary/aromatic N) is 1. The van der Waals surface area contributed by atoms with E-state index in [4.69, 9.17) is 0 Å². The average molecular weight is 787 g/mol. The van der Waals surface area contributed by atoms with E-state index < -0.39 is 64.7 Å². The van der Waals surface area contributed by atoms with E-state index in [1.807, 2.05) is 26.8 Å². The van der Waals surface area contributed by atoms with Gasteiger partial charge >= 0.3 is 6.18 Å². The molecule has 0 fully saturated rings. The molecule has 300 valence electrons. The first-order valence-corrected chi connectivity index (χ1v) is 19.1. The fourth-order valence-electron chi connectivity index (χ4n) is 7.47. The first-order chi connectivity index (χ1) is 27.1. The van der Waals surface area contributed by atoms with E-state index in [0.29, 0.717) is 29.8 Å². The van der Waals surface area contributed by atoms with E-state index in [2.05, 4.69) is 31.2 Å². The van der Waals surface area contributed by atoms with Gasteiger partial charge in [0.05, 0.1) is 23.0 Å². The van der Waals surface area contributed by atoms with Crippen LogP contribution in [0.1, 0.15) is 69.3 Å². The molecule has 57 heavy (non-hydrogen) atoms. The van der Waals surface area contributed by atoms with Crippen LogP contribution in [0.4, 0.5) is 23.2 Å². The Morgan fingerprint density at radius 2 is 1.60 bits per heavy atom. The van der Waals surface area contributed by atoms with Gasteiger partial charge in [-0.25, -0.2) is 4.39 Å². The number of aromatic nitrogens is 2. The largest absolute Gasteiger partial charge is 0.418 e. The average Bonchev–Trinajstić information content (AvgIpc) is 3.56. The third-order valence-electron chi connectivity index (χ3n) is 11.2. The Hall–Kier alpha value is -5.79. The number of aromatic amines is 1. The summed E-state index contributed by atoms with van der Waals surface area (Å²) >= 11 is 0. The minimum absolute atomic E-state index is 0.0331. The molecule has 0 aliphatic heterocycles. The van der Waals surface area contributed by atoms with Crippen LogP contribution in [-0.2, 0) is 44.6 Å². The number of fused-ring (bicyclic) bond motifs is 4. The molecule has 1 aliphatic carbocycles. The highest BCUT2D eigenvalue weighted by Crippen LogP contribution is 2.40. The molecule has 10 nitrogen and oxygen atoms in total. The molecular formula is C43H46F4N6O4. The first-order valence-electron chi connectivity index (χ1n) is 19.1. The molecule has 5 aromatic rings. The van der Waals surface area contributed by atoms with Crippen LogP contribution in [0.2, 0.25) is 0 Å². The molecule has 0 radical (unpaired) electrons. The van der Waals surface area contributed by atoms with Crippen LogP contribution >= 0.6 is 0 Å². The highest BCUT2D eigenvalue weighted by molar-refractivity contribution is 6.02. The Morgan fingerprint density at radius 3 is 2.30 bits per heavy atom. The summed E-state index contributed by atoms with van der Waals surface area (Å²) in [6.07, 6.45) is -2.53. The van der Waals surface area contributed by atoms with E-state index >= 15 is 0 Å². The second kappa shape index (κ2) is 16.7. The zero-order valence-electron chi connectivity index (χ0n) is 32.1. The molecule has 6 rings (SSSR count). The molecule has 0 saturated heterocycles. The van der Waals surface area contributed by atoms with E-state index in [9.17, 15) is 36.7 Å². The number of aryl methyl sites for hydroxylation is 1. The van der Waals surface area contributed by atoms with Gasteiger partial charge < -0.3 is 26.3 Å². The lowest BCUT2D eigenvalue weighted by atomic mass is 9.78. The topological polar surface area (TPSA) is 145 Å². The molecule has 0 saturated carbocycles. The Kier molecular flexibility index (Phi) is 12.0. The van der Waals surface area contributed by atoms with Gasteiger partial charge in [0.1, 0.15) is 23.4 Å². The number of carbonyl (C=O) groups excluding carboxylic acids is 4. The summed E-state index contributed by atoms with van der Waals surface area (Å²) in [4.78, 5) is 63.7. The summed E-state index contributed by atoms with van der Waals surface area (Å²) in [6, 6.07) is 16.2. The van der Waals surface area contributed by atoms with Gasteiger partial charge in [0, 0.05) is 34.8 Å². The van der Waals surface area contributed by atoms with Crippen molar-refractivity contribution in [3.8, 4) is 0 Å². The number of hydrogen-bond donors (Lipinski definition) is 5. The fourth-order valence-corrected chi connectivity index (χ4v) is 7.47. The molecule has 5 N–H and O–H groups in total. The monoisotopic (exact) mass is 786 g/mol. The molecule has 2 aromatic heterocycles. The SMILES string of the molecule is CCC(C)[C@H](NC(=O)Cc1ccccc1F)C(=O)N[C@]1(C(=O)NC(C(=O)Nc2ccc3ncccc3c2)[C@@H](C)CC)CCc2[nH]c3c(C(F)(F)F)cccc3c2C1. The molecular weight excluding hydrogens is 741 g/mol. The van der Waals surface area contributed by atoms with Crippen LogP contribution in [0.15, 0.2) is 79.0 Å². The van der Waals surface area contributed by atoms with Gasteiger partial charge in [-0.1, -0.05) is 76.9 Å². The predicted molar refractivity (Wildman–Crippen MR) is 209 cm³/mol. The summed E-state index contributed by atoms with van der Waals surface area (Å²) in [6.45, 7) is 7.26. The second-order valence-electron chi connectivity index (χ2n) is 15.0. The third kappa shape index (κ3) is 8.79. The molecule has 4 amide bonds. The number of alkyl halides is 3. The molecule has 5 atom stereocenters. The van der Waals surface area contributed by atoms with E-state index in [0.717, 1.165) is 17.0 Å². The maximum absolute atomic E-state index is 14.8. The van der Waals surface area contributed by atoms with Crippen LogP contribution in [0, 0.1) is 17.7 Å². The number of pyridine rings is 1. The van der Waals surface area contributed by atoms with Crippen molar-refractivity contribution in [1.82, 2.24) is 25.9 Å². The van der Waals surface area contributed by atoms with Crippen molar-refractivity contribution in [2.45, 2.75) is 90.0 Å².